The maximum atomic E-state index is 5.95. The van der Waals surface area contributed by atoms with Crippen LogP contribution in [0.2, 0.25) is 0 Å². The van der Waals surface area contributed by atoms with Gasteiger partial charge in [0.15, 0.2) is 0 Å². The summed E-state index contributed by atoms with van der Waals surface area (Å²) in [6.07, 6.45) is 0. The molecular weight excluding hydrogens is 492 g/mol. The van der Waals surface area contributed by atoms with E-state index in [0.29, 0.717) is 0 Å². The third kappa shape index (κ3) is 2.62. The van der Waals surface area contributed by atoms with Crippen molar-refractivity contribution in [1.82, 2.24) is 0 Å². The van der Waals surface area contributed by atoms with Gasteiger partial charge in [0.25, 0.3) is 0 Å². The van der Waals surface area contributed by atoms with Crippen molar-refractivity contribution in [3.63, 3.8) is 0 Å². The van der Waals surface area contributed by atoms with E-state index in [-0.39, 0.29) is 20.1 Å². The molecule has 2 aliphatic heterocycles. The first-order valence-electron chi connectivity index (χ1n) is 7.65. The normalized spacial score (nSPS) is 13.6. The van der Waals surface area contributed by atoms with Crippen LogP contribution in [0.25, 0.3) is 11.1 Å². The first-order valence-corrected chi connectivity index (χ1v) is 7.65. The van der Waals surface area contributed by atoms with Gasteiger partial charge in [0, 0.05) is 25.7 Å². The summed E-state index contributed by atoms with van der Waals surface area (Å²) in [5, 5.41) is 4.16. The number of amidine groups is 1. The summed E-state index contributed by atoms with van der Waals surface area (Å²) in [4.78, 5) is 7.10. The molecule has 0 spiro atoms. The average molecular weight is 505 g/mol. The molecule has 25 heavy (non-hydrogen) atoms. The Morgan fingerprint density at radius 1 is 0.920 bits per heavy atom. The largest absolute Gasteiger partial charge is 0.544 e. The van der Waals surface area contributed by atoms with Crippen molar-refractivity contribution in [3.8, 4) is 22.6 Å². The van der Waals surface area contributed by atoms with Gasteiger partial charge in [-0.05, 0) is 31.0 Å². The topological polar surface area (TPSA) is 34.1 Å². The molecule has 0 aromatic heterocycles. The van der Waals surface area contributed by atoms with Crippen LogP contribution in [-0.4, -0.2) is 5.84 Å². The number of benzene rings is 3. The molecule has 3 aromatic rings. The Hall–Kier alpha value is -2.62. The molecule has 0 bridgehead atoms. The first-order chi connectivity index (χ1) is 11.9. The molecule has 2 aliphatic rings. The molecule has 0 N–H and O–H groups in total. The van der Waals surface area contributed by atoms with Crippen molar-refractivity contribution < 1.29 is 29.7 Å². The number of fused-ring (bicyclic) bond motifs is 6. The zero-order valence-corrected chi connectivity index (χ0v) is 15.4. The molecule has 2 heterocycles. The quantitative estimate of drug-likeness (QED) is 0.480. The van der Waals surface area contributed by atoms with E-state index >= 15 is 0 Å². The summed E-state index contributed by atoms with van der Waals surface area (Å²) in [5.74, 6) is 2.31. The zero-order valence-electron chi connectivity index (χ0n) is 13.0. The van der Waals surface area contributed by atoms with Gasteiger partial charge >= 0.3 is 0 Å². The number of oxime groups is 1. The summed E-state index contributed by atoms with van der Waals surface area (Å²) in [6.45, 7) is 1.60. The van der Waals surface area contributed by atoms with E-state index in [1.807, 2.05) is 59.5 Å². The molecule has 5 rings (SSSR count). The second kappa shape index (κ2) is 6.35. The summed E-state index contributed by atoms with van der Waals surface area (Å²) in [5.41, 5.74) is 4.11. The summed E-state index contributed by atoms with van der Waals surface area (Å²) in [7, 11) is 0. The van der Waals surface area contributed by atoms with E-state index < -0.39 is 0 Å². The Morgan fingerprint density at radius 2 is 1.80 bits per heavy atom. The van der Waals surface area contributed by atoms with E-state index in [9.17, 15) is 0 Å². The van der Waals surface area contributed by atoms with Gasteiger partial charge in [-0.2, -0.15) is 24.3 Å². The van der Waals surface area contributed by atoms with Crippen LogP contribution in [0.5, 0.6) is 11.5 Å². The predicted molar refractivity (Wildman–Crippen MR) is 91.6 cm³/mol. The SMILES string of the molecule is [Ir].[c-]1cccc2c1N1[CH-]ON=C1c1cc(Oc3ccccc3)ccc1-2. The third-order valence-electron chi connectivity index (χ3n) is 4.10. The predicted octanol–water partition coefficient (Wildman–Crippen LogP) is 4.57. The maximum absolute atomic E-state index is 5.95. The van der Waals surface area contributed by atoms with Gasteiger partial charge in [0.1, 0.15) is 17.3 Å². The fourth-order valence-corrected chi connectivity index (χ4v) is 3.03. The van der Waals surface area contributed by atoms with Gasteiger partial charge in [0.2, 0.25) is 0 Å². The van der Waals surface area contributed by atoms with Crippen molar-refractivity contribution in [2.75, 3.05) is 4.90 Å². The van der Waals surface area contributed by atoms with E-state index in [2.05, 4.69) is 23.4 Å². The second-order valence-corrected chi connectivity index (χ2v) is 5.55. The maximum Gasteiger partial charge on any atom is 0.148 e. The van der Waals surface area contributed by atoms with E-state index in [1.54, 1.807) is 6.73 Å². The van der Waals surface area contributed by atoms with Crippen LogP contribution >= 0.6 is 0 Å². The molecule has 0 saturated heterocycles. The second-order valence-electron chi connectivity index (χ2n) is 5.55. The fraction of sp³-hybridized carbons (Fsp3) is 0. The molecule has 5 heteroatoms. The third-order valence-corrected chi connectivity index (χ3v) is 4.10. The monoisotopic (exact) mass is 505 g/mol. The molecule has 3 aromatic carbocycles. The minimum Gasteiger partial charge on any atom is -0.544 e. The van der Waals surface area contributed by atoms with Gasteiger partial charge in [0.05, 0.1) is 0 Å². The summed E-state index contributed by atoms with van der Waals surface area (Å²) < 4.78 is 5.95. The molecular formula is C20H12IrN2O2-2. The van der Waals surface area contributed by atoms with Gasteiger partial charge in [-0.25, -0.2) is 0 Å². The first kappa shape index (κ1) is 15.9. The molecule has 0 atom stereocenters. The summed E-state index contributed by atoms with van der Waals surface area (Å²) >= 11 is 0. The number of hydrogen-bond donors (Lipinski definition) is 0. The van der Waals surface area contributed by atoms with Crippen LogP contribution in [0.3, 0.4) is 0 Å². The molecule has 4 nitrogen and oxygen atoms in total. The number of nitrogens with zero attached hydrogens (tertiary/aromatic N) is 2. The van der Waals surface area contributed by atoms with Gasteiger partial charge in [-0.1, -0.05) is 35.5 Å². The van der Waals surface area contributed by atoms with Crippen LogP contribution < -0.4 is 9.64 Å². The van der Waals surface area contributed by atoms with E-state index in [0.717, 1.165) is 39.7 Å². The smallest absolute Gasteiger partial charge is 0.148 e. The molecule has 125 valence electrons. The Morgan fingerprint density at radius 3 is 2.68 bits per heavy atom. The number of ether oxygens (including phenoxy) is 1. The van der Waals surface area contributed by atoms with Gasteiger partial charge in [-0.15, -0.1) is 10.7 Å². The zero-order chi connectivity index (χ0) is 15.9. The Bertz CT molecular complexity index is 957. The van der Waals surface area contributed by atoms with Crippen molar-refractivity contribution in [2.24, 2.45) is 5.16 Å². The minimum atomic E-state index is 0. The van der Waals surface area contributed by atoms with Crippen molar-refractivity contribution >= 4 is 11.5 Å². The van der Waals surface area contributed by atoms with Crippen molar-refractivity contribution in [2.45, 2.75) is 0 Å². The van der Waals surface area contributed by atoms with Crippen molar-refractivity contribution in [3.05, 3.63) is 85.1 Å². The molecule has 1 radical (unpaired) electrons. The van der Waals surface area contributed by atoms with Crippen LogP contribution in [-0.2, 0) is 24.9 Å². The van der Waals surface area contributed by atoms with Crippen LogP contribution in [0.4, 0.5) is 5.69 Å². The summed E-state index contributed by atoms with van der Waals surface area (Å²) in [6, 6.07) is 24.9. The molecule has 0 saturated carbocycles. The van der Waals surface area contributed by atoms with Crippen LogP contribution in [0.1, 0.15) is 5.56 Å². The van der Waals surface area contributed by atoms with Crippen LogP contribution in [0.15, 0.2) is 71.9 Å². The average Bonchev–Trinajstić information content (AvgIpc) is 3.13. The standard InChI is InChI=1S/C20H12N2O2.Ir/c1-2-6-14(7-3-1)24-15-10-11-16-17-8-4-5-9-19(17)22-13-23-21-20(22)18(16)12-15;/h1-8,10-13H;/q-2;. The fourth-order valence-electron chi connectivity index (χ4n) is 3.03. The number of para-hydroxylation sites is 2. The molecule has 0 unspecified atom stereocenters. The van der Waals surface area contributed by atoms with Crippen molar-refractivity contribution in [1.29, 1.82) is 0 Å². The van der Waals surface area contributed by atoms with Gasteiger partial charge in [-0.3, -0.25) is 0 Å². The molecule has 0 amide bonds. The minimum absolute atomic E-state index is 0. The molecule has 0 fully saturated rings. The Labute approximate surface area is 159 Å². The van der Waals surface area contributed by atoms with Crippen LogP contribution in [0, 0.1) is 12.8 Å². The number of anilines is 1. The number of hydrogen-bond acceptors (Lipinski definition) is 4. The Balaban J connectivity index is 0.00000157. The number of rotatable bonds is 2. The van der Waals surface area contributed by atoms with E-state index in [1.165, 1.54) is 0 Å². The van der Waals surface area contributed by atoms with Gasteiger partial charge < -0.3 is 14.5 Å². The van der Waals surface area contributed by atoms with E-state index in [4.69, 9.17) is 9.57 Å². The molecule has 0 aliphatic carbocycles. The Kier molecular flexibility index (Phi) is 4.04.